The molecule has 0 bridgehead atoms. The lowest BCUT2D eigenvalue weighted by Crippen LogP contribution is -2.21. The predicted molar refractivity (Wildman–Crippen MR) is 59.7 cm³/mol. The van der Waals surface area contributed by atoms with Gasteiger partial charge in [-0.1, -0.05) is 25.4 Å². The van der Waals surface area contributed by atoms with Crippen LogP contribution in [0.3, 0.4) is 0 Å². The van der Waals surface area contributed by atoms with E-state index in [0.717, 1.165) is 0 Å². The maximum Gasteiger partial charge on any atom is 0.130 e. The lowest BCUT2D eigenvalue weighted by atomic mass is 9.80. The summed E-state index contributed by atoms with van der Waals surface area (Å²) in [7, 11) is 0. The summed E-state index contributed by atoms with van der Waals surface area (Å²) in [5.41, 5.74) is 0.254. The summed E-state index contributed by atoms with van der Waals surface area (Å²) in [5, 5.41) is 0.502. The summed E-state index contributed by atoms with van der Waals surface area (Å²) in [4.78, 5) is 11.1. The van der Waals surface area contributed by atoms with Crippen LogP contribution >= 0.6 is 11.6 Å². The zero-order valence-corrected chi connectivity index (χ0v) is 9.86. The lowest BCUT2D eigenvalue weighted by molar-refractivity contribution is -0.118. The number of hydrogen-bond donors (Lipinski definition) is 0. The number of benzene rings is 1. The monoisotopic (exact) mass is 228 g/mol. The molecule has 0 atom stereocenters. The number of carbonyl (C=O) groups excluding carboxylic acids is 1. The van der Waals surface area contributed by atoms with Gasteiger partial charge in [-0.3, -0.25) is 4.79 Å². The summed E-state index contributed by atoms with van der Waals surface area (Å²) in [6.07, 6.45) is 0.357. The smallest absolute Gasteiger partial charge is 0.130 e. The van der Waals surface area contributed by atoms with Crippen molar-refractivity contribution in [2.45, 2.75) is 32.6 Å². The largest absolute Gasteiger partial charge is 0.300 e. The van der Waals surface area contributed by atoms with E-state index in [2.05, 4.69) is 0 Å². The van der Waals surface area contributed by atoms with E-state index in [1.54, 1.807) is 0 Å². The zero-order chi connectivity index (χ0) is 11.6. The average molecular weight is 229 g/mol. The number of hydrogen-bond acceptors (Lipinski definition) is 1. The quantitative estimate of drug-likeness (QED) is 0.770. The summed E-state index contributed by atoms with van der Waals surface area (Å²) < 4.78 is 13.1. The summed E-state index contributed by atoms with van der Waals surface area (Å²) in [6, 6.07) is 4.23. The second-order valence-electron chi connectivity index (χ2n) is 4.39. The highest BCUT2D eigenvalue weighted by Gasteiger charge is 2.25. The number of rotatable bonds is 3. The molecule has 0 saturated carbocycles. The van der Waals surface area contributed by atoms with E-state index in [4.69, 9.17) is 11.6 Å². The maximum atomic E-state index is 13.1. The van der Waals surface area contributed by atoms with Crippen LogP contribution in [0, 0.1) is 5.82 Å². The molecule has 0 spiro atoms. The molecule has 0 heterocycles. The Bertz CT molecular complexity index is 385. The highest BCUT2D eigenvalue weighted by molar-refractivity contribution is 6.31. The highest BCUT2D eigenvalue weighted by Crippen LogP contribution is 2.33. The van der Waals surface area contributed by atoms with Crippen molar-refractivity contribution in [2.24, 2.45) is 0 Å². The molecule has 0 unspecified atom stereocenters. The van der Waals surface area contributed by atoms with Gasteiger partial charge < -0.3 is 0 Å². The van der Waals surface area contributed by atoms with E-state index in [1.165, 1.54) is 25.1 Å². The molecule has 0 fully saturated rings. The molecule has 82 valence electrons. The van der Waals surface area contributed by atoms with Gasteiger partial charge in [-0.15, -0.1) is 0 Å². The van der Waals surface area contributed by atoms with Crippen molar-refractivity contribution in [3.05, 3.63) is 34.6 Å². The van der Waals surface area contributed by atoms with Gasteiger partial charge in [0.2, 0.25) is 0 Å². The lowest BCUT2D eigenvalue weighted by Gasteiger charge is -2.25. The summed E-state index contributed by atoms with van der Waals surface area (Å²) in [5.74, 6) is -0.258. The molecule has 0 radical (unpaired) electrons. The van der Waals surface area contributed by atoms with Crippen molar-refractivity contribution in [3.8, 4) is 0 Å². The van der Waals surface area contributed by atoms with Crippen LogP contribution in [0.2, 0.25) is 5.02 Å². The first-order valence-electron chi connectivity index (χ1n) is 4.78. The van der Waals surface area contributed by atoms with Crippen LogP contribution in [0.4, 0.5) is 4.39 Å². The van der Waals surface area contributed by atoms with Crippen molar-refractivity contribution in [1.82, 2.24) is 0 Å². The minimum atomic E-state index is -0.426. The first kappa shape index (κ1) is 12.2. The van der Waals surface area contributed by atoms with Crippen LogP contribution in [0.5, 0.6) is 0 Å². The van der Waals surface area contributed by atoms with E-state index in [1.807, 2.05) is 13.8 Å². The minimum absolute atomic E-state index is 0.0697. The van der Waals surface area contributed by atoms with Crippen molar-refractivity contribution in [3.63, 3.8) is 0 Å². The molecule has 3 heteroatoms. The SMILES string of the molecule is CC(=O)CC(C)(C)c1cc(F)ccc1Cl. The van der Waals surface area contributed by atoms with Gasteiger partial charge in [0.15, 0.2) is 0 Å². The van der Waals surface area contributed by atoms with E-state index in [-0.39, 0.29) is 11.6 Å². The maximum absolute atomic E-state index is 13.1. The Morgan fingerprint density at radius 2 is 2.07 bits per heavy atom. The Morgan fingerprint density at radius 3 is 2.60 bits per heavy atom. The first-order chi connectivity index (χ1) is 6.83. The van der Waals surface area contributed by atoms with Crippen molar-refractivity contribution < 1.29 is 9.18 Å². The fourth-order valence-electron chi connectivity index (χ4n) is 1.73. The number of ketones is 1. The van der Waals surface area contributed by atoms with Crippen molar-refractivity contribution >= 4 is 17.4 Å². The van der Waals surface area contributed by atoms with Gasteiger partial charge in [-0.2, -0.15) is 0 Å². The van der Waals surface area contributed by atoms with Crippen LogP contribution in [-0.2, 0) is 10.2 Å². The highest BCUT2D eigenvalue weighted by atomic mass is 35.5. The second kappa shape index (κ2) is 4.31. The Kier molecular flexibility index (Phi) is 3.50. The minimum Gasteiger partial charge on any atom is -0.300 e. The summed E-state index contributed by atoms with van der Waals surface area (Å²) in [6.45, 7) is 5.29. The topological polar surface area (TPSA) is 17.1 Å². The molecule has 0 aliphatic rings. The molecule has 0 aliphatic heterocycles. The normalized spacial score (nSPS) is 11.5. The van der Waals surface area contributed by atoms with Crippen LogP contribution < -0.4 is 0 Å². The Morgan fingerprint density at radius 1 is 1.47 bits per heavy atom. The standard InChI is InChI=1S/C12H14ClFO/c1-8(15)7-12(2,3)10-6-9(14)4-5-11(10)13/h4-6H,7H2,1-3H3. The molecule has 1 aromatic rings. The van der Waals surface area contributed by atoms with Gasteiger partial charge in [0.05, 0.1) is 0 Å². The van der Waals surface area contributed by atoms with Gasteiger partial charge in [-0.05, 0) is 36.1 Å². The third-order valence-corrected chi connectivity index (χ3v) is 2.68. The molecule has 0 aromatic heterocycles. The zero-order valence-electron chi connectivity index (χ0n) is 9.10. The molecule has 1 rings (SSSR count). The molecule has 15 heavy (non-hydrogen) atoms. The average Bonchev–Trinajstić information content (AvgIpc) is 2.06. The van der Waals surface area contributed by atoms with E-state index in [0.29, 0.717) is 17.0 Å². The van der Waals surface area contributed by atoms with Crippen LogP contribution in [-0.4, -0.2) is 5.78 Å². The Hall–Kier alpha value is -0.890. The molecule has 0 amide bonds. The van der Waals surface area contributed by atoms with Gasteiger partial charge in [0.25, 0.3) is 0 Å². The van der Waals surface area contributed by atoms with Crippen LogP contribution in [0.15, 0.2) is 18.2 Å². The fourth-order valence-corrected chi connectivity index (χ4v) is 2.11. The number of halogens is 2. The number of Topliss-reactive ketones (excluding diaryl/α,β-unsaturated/α-hetero) is 1. The molecule has 1 nitrogen and oxygen atoms in total. The fraction of sp³-hybridized carbons (Fsp3) is 0.417. The van der Waals surface area contributed by atoms with E-state index >= 15 is 0 Å². The molecule has 1 aromatic carbocycles. The van der Waals surface area contributed by atoms with Crippen LogP contribution in [0.25, 0.3) is 0 Å². The molecular formula is C12H14ClFO. The van der Waals surface area contributed by atoms with E-state index in [9.17, 15) is 9.18 Å². The van der Waals surface area contributed by atoms with Gasteiger partial charge in [-0.25, -0.2) is 4.39 Å². The summed E-state index contributed by atoms with van der Waals surface area (Å²) >= 11 is 5.99. The van der Waals surface area contributed by atoms with Gasteiger partial charge in [0, 0.05) is 11.4 Å². The molecule has 0 N–H and O–H groups in total. The Labute approximate surface area is 94.3 Å². The van der Waals surface area contributed by atoms with Crippen molar-refractivity contribution in [2.75, 3.05) is 0 Å². The number of carbonyl (C=O) groups is 1. The second-order valence-corrected chi connectivity index (χ2v) is 4.79. The van der Waals surface area contributed by atoms with Gasteiger partial charge in [0.1, 0.15) is 11.6 Å². The Balaban J connectivity index is 3.13. The molecular weight excluding hydrogens is 215 g/mol. The molecule has 0 saturated heterocycles. The third-order valence-electron chi connectivity index (χ3n) is 2.35. The first-order valence-corrected chi connectivity index (χ1v) is 5.16. The van der Waals surface area contributed by atoms with Crippen LogP contribution in [0.1, 0.15) is 32.8 Å². The predicted octanol–water partition coefficient (Wildman–Crippen LogP) is 3.74. The molecule has 0 aliphatic carbocycles. The van der Waals surface area contributed by atoms with Gasteiger partial charge >= 0.3 is 0 Å². The third kappa shape index (κ3) is 3.03. The van der Waals surface area contributed by atoms with E-state index < -0.39 is 5.41 Å². The van der Waals surface area contributed by atoms with Crippen molar-refractivity contribution in [1.29, 1.82) is 0 Å².